The van der Waals surface area contributed by atoms with Gasteiger partial charge in [-0.2, -0.15) is 0 Å². The van der Waals surface area contributed by atoms with Gasteiger partial charge in [-0.25, -0.2) is 4.79 Å². The van der Waals surface area contributed by atoms with Crippen molar-refractivity contribution in [3.8, 4) is 11.5 Å². The van der Waals surface area contributed by atoms with E-state index in [1.165, 1.54) is 37.3 Å². The van der Waals surface area contributed by atoms with E-state index in [9.17, 15) is 19.8 Å². The first-order valence-electron chi connectivity index (χ1n) is 8.03. The number of benzene rings is 2. The third kappa shape index (κ3) is 4.94. The number of carbonyl (C=O) groups excluding carboxylic acids is 2. The highest BCUT2D eigenvalue weighted by Gasteiger charge is 2.22. The van der Waals surface area contributed by atoms with Crippen molar-refractivity contribution in [1.29, 1.82) is 0 Å². The van der Waals surface area contributed by atoms with E-state index in [2.05, 4.69) is 0 Å². The number of aliphatic hydroxyl groups excluding tert-OH is 1. The van der Waals surface area contributed by atoms with Gasteiger partial charge in [0.25, 0.3) is 6.29 Å². The molecule has 2 atom stereocenters. The largest absolute Gasteiger partial charge is 0.507 e. The Kier molecular flexibility index (Phi) is 6.52. The number of allylic oxidation sites excluding steroid dienone is 1. The predicted molar refractivity (Wildman–Crippen MR) is 95.0 cm³/mol. The number of phenolic OH excluding ortho intramolecular Hbond substituents is 1. The molecule has 2 aromatic rings. The maximum absolute atomic E-state index is 12.4. The summed E-state index contributed by atoms with van der Waals surface area (Å²) in [4.78, 5) is 23.9. The molecule has 0 aliphatic carbocycles. The molecule has 6 nitrogen and oxygen atoms in total. The van der Waals surface area contributed by atoms with Crippen molar-refractivity contribution in [2.24, 2.45) is 0 Å². The molecule has 0 bridgehead atoms. The fourth-order valence-electron chi connectivity index (χ4n) is 2.17. The quantitative estimate of drug-likeness (QED) is 0.343. The Morgan fingerprint density at radius 1 is 1.12 bits per heavy atom. The molecule has 0 aliphatic rings. The second-order valence-electron chi connectivity index (χ2n) is 5.54. The average molecular weight is 356 g/mol. The molecule has 2 N–H and O–H groups in total. The summed E-state index contributed by atoms with van der Waals surface area (Å²) in [7, 11) is 0. The van der Waals surface area contributed by atoms with E-state index < -0.39 is 18.4 Å². The lowest BCUT2D eigenvalue weighted by atomic mass is 10.0. The van der Waals surface area contributed by atoms with Crippen molar-refractivity contribution in [2.45, 2.75) is 26.2 Å². The Bertz CT molecular complexity index is 795. The summed E-state index contributed by atoms with van der Waals surface area (Å²) >= 11 is 0. The van der Waals surface area contributed by atoms with Crippen molar-refractivity contribution in [2.75, 3.05) is 0 Å². The van der Waals surface area contributed by atoms with E-state index in [0.29, 0.717) is 5.56 Å². The topological polar surface area (TPSA) is 93.1 Å². The zero-order chi connectivity index (χ0) is 19.1. The highest BCUT2D eigenvalue weighted by Crippen LogP contribution is 2.27. The fourth-order valence-corrected chi connectivity index (χ4v) is 2.17. The number of hydrogen-bond acceptors (Lipinski definition) is 6. The van der Waals surface area contributed by atoms with Gasteiger partial charge in [0.1, 0.15) is 17.6 Å². The Hall–Kier alpha value is -3.12. The van der Waals surface area contributed by atoms with Gasteiger partial charge in [0.05, 0.1) is 5.56 Å². The van der Waals surface area contributed by atoms with Crippen LogP contribution in [0.15, 0.2) is 60.7 Å². The smallest absolute Gasteiger partial charge is 0.333 e. The van der Waals surface area contributed by atoms with Crippen molar-refractivity contribution < 1.29 is 29.3 Å². The summed E-state index contributed by atoms with van der Waals surface area (Å²) < 4.78 is 10.4. The fraction of sp³-hybridized carbons (Fsp3) is 0.200. The standard InChI is InChI=1S/C20H20O6/c1-3-7-18(23)26-20(13(2)21)25-15-10-11-16(17(22)12-15)19(24)14-8-5-4-6-9-14/h3-13,20-22H,1-2H3/b7-3+. The molecule has 2 unspecified atom stereocenters. The Balaban J connectivity index is 2.17. The van der Waals surface area contributed by atoms with Crippen LogP contribution in [0.3, 0.4) is 0 Å². The zero-order valence-corrected chi connectivity index (χ0v) is 14.5. The molecule has 136 valence electrons. The van der Waals surface area contributed by atoms with Crippen LogP contribution in [0.1, 0.15) is 29.8 Å². The predicted octanol–water partition coefficient (Wildman–Crippen LogP) is 2.83. The molecule has 0 saturated carbocycles. The van der Waals surface area contributed by atoms with Crippen LogP contribution in [0.2, 0.25) is 0 Å². The molecule has 26 heavy (non-hydrogen) atoms. The molecule has 0 saturated heterocycles. The van der Waals surface area contributed by atoms with Crippen LogP contribution >= 0.6 is 0 Å². The lowest BCUT2D eigenvalue weighted by Crippen LogP contribution is -2.34. The van der Waals surface area contributed by atoms with Crippen LogP contribution in [0.4, 0.5) is 0 Å². The van der Waals surface area contributed by atoms with E-state index in [1.54, 1.807) is 37.3 Å². The normalized spacial score (nSPS) is 13.2. The Morgan fingerprint density at radius 2 is 1.81 bits per heavy atom. The van der Waals surface area contributed by atoms with Crippen molar-refractivity contribution in [3.05, 3.63) is 71.8 Å². The molecule has 0 radical (unpaired) electrons. The van der Waals surface area contributed by atoms with Crippen LogP contribution in [0.5, 0.6) is 11.5 Å². The number of carbonyl (C=O) groups is 2. The van der Waals surface area contributed by atoms with Crippen molar-refractivity contribution in [1.82, 2.24) is 0 Å². The zero-order valence-electron chi connectivity index (χ0n) is 14.5. The maximum Gasteiger partial charge on any atom is 0.333 e. The first-order chi connectivity index (χ1) is 12.4. The SMILES string of the molecule is C/C=C/C(=O)OC(Oc1ccc(C(=O)c2ccccc2)c(O)c1)C(C)O. The summed E-state index contributed by atoms with van der Waals surface area (Å²) in [6.07, 6.45) is 0.334. The number of phenols is 1. The number of hydrogen-bond donors (Lipinski definition) is 2. The molecule has 0 heterocycles. The van der Waals surface area contributed by atoms with Gasteiger partial charge in [0.2, 0.25) is 0 Å². The van der Waals surface area contributed by atoms with Gasteiger partial charge in [-0.3, -0.25) is 4.79 Å². The second kappa shape index (κ2) is 8.82. The molecule has 0 spiro atoms. The first kappa shape index (κ1) is 19.2. The number of aliphatic hydroxyl groups is 1. The van der Waals surface area contributed by atoms with Gasteiger partial charge < -0.3 is 19.7 Å². The molecule has 0 amide bonds. The molecule has 0 aliphatic heterocycles. The summed E-state index contributed by atoms with van der Waals surface area (Å²) in [5.41, 5.74) is 0.557. The van der Waals surface area contributed by atoms with Gasteiger partial charge in [-0.1, -0.05) is 36.4 Å². The Labute approximate surface area is 151 Å². The van der Waals surface area contributed by atoms with Crippen molar-refractivity contribution in [3.63, 3.8) is 0 Å². The third-order valence-electron chi connectivity index (χ3n) is 3.43. The van der Waals surface area contributed by atoms with Crippen LogP contribution in [0.25, 0.3) is 0 Å². The van der Waals surface area contributed by atoms with E-state index in [-0.39, 0.29) is 22.8 Å². The number of ketones is 1. The van der Waals surface area contributed by atoms with E-state index in [1.807, 2.05) is 0 Å². The number of aromatic hydroxyl groups is 1. The second-order valence-corrected chi connectivity index (χ2v) is 5.54. The third-order valence-corrected chi connectivity index (χ3v) is 3.43. The molecular weight excluding hydrogens is 336 g/mol. The van der Waals surface area contributed by atoms with Gasteiger partial charge in [-0.15, -0.1) is 0 Å². The van der Waals surface area contributed by atoms with Gasteiger partial charge >= 0.3 is 5.97 Å². The minimum Gasteiger partial charge on any atom is -0.507 e. The lowest BCUT2D eigenvalue weighted by molar-refractivity contribution is -0.172. The summed E-state index contributed by atoms with van der Waals surface area (Å²) in [5.74, 6) is -1.13. The summed E-state index contributed by atoms with van der Waals surface area (Å²) in [6, 6.07) is 12.6. The average Bonchev–Trinajstić information content (AvgIpc) is 2.61. The van der Waals surface area contributed by atoms with Crippen molar-refractivity contribution >= 4 is 11.8 Å². The minimum absolute atomic E-state index is 0.114. The van der Waals surface area contributed by atoms with Gasteiger partial charge in [0, 0.05) is 17.7 Å². The molecular formula is C20H20O6. The lowest BCUT2D eigenvalue weighted by Gasteiger charge is -2.21. The minimum atomic E-state index is -1.26. The molecule has 2 aromatic carbocycles. The summed E-state index contributed by atoms with van der Waals surface area (Å²) in [6.45, 7) is 3.06. The highest BCUT2D eigenvalue weighted by molar-refractivity contribution is 6.10. The first-order valence-corrected chi connectivity index (χ1v) is 8.03. The Morgan fingerprint density at radius 3 is 2.38 bits per heavy atom. The van der Waals surface area contributed by atoms with E-state index in [4.69, 9.17) is 9.47 Å². The van der Waals surface area contributed by atoms with Crippen LogP contribution in [-0.4, -0.2) is 34.4 Å². The highest BCUT2D eigenvalue weighted by atomic mass is 16.7. The summed E-state index contributed by atoms with van der Waals surface area (Å²) in [5, 5.41) is 19.9. The number of rotatable bonds is 7. The molecule has 0 fully saturated rings. The van der Waals surface area contributed by atoms with Gasteiger partial charge in [-0.05, 0) is 26.0 Å². The molecule has 6 heteroatoms. The maximum atomic E-state index is 12.4. The van der Waals surface area contributed by atoms with Crippen LogP contribution < -0.4 is 4.74 Å². The van der Waals surface area contributed by atoms with Crippen LogP contribution in [-0.2, 0) is 9.53 Å². The molecule has 2 rings (SSSR count). The van der Waals surface area contributed by atoms with Gasteiger partial charge in [0.15, 0.2) is 5.78 Å². The van der Waals surface area contributed by atoms with Crippen LogP contribution in [0, 0.1) is 0 Å². The monoisotopic (exact) mass is 356 g/mol. The van der Waals surface area contributed by atoms with E-state index in [0.717, 1.165) is 0 Å². The number of esters is 1. The van der Waals surface area contributed by atoms with E-state index >= 15 is 0 Å². The number of ether oxygens (including phenoxy) is 2. The molecule has 0 aromatic heterocycles.